The van der Waals surface area contributed by atoms with Crippen LogP contribution in [0.1, 0.15) is 19.8 Å². The molecule has 1 aliphatic heterocycles. The maximum atomic E-state index is 11.9. The number of nitrogens with one attached hydrogen (secondary N) is 2. The number of amides is 1. The number of carbonyl (C=O) groups is 1. The van der Waals surface area contributed by atoms with Gasteiger partial charge in [0, 0.05) is 6.54 Å². The number of alkyl halides is 3. The second-order valence-electron chi connectivity index (χ2n) is 4.24. The van der Waals surface area contributed by atoms with Crippen molar-refractivity contribution < 1.29 is 18.0 Å². The smallest absolute Gasteiger partial charge is 0.348 e. The van der Waals surface area contributed by atoms with Gasteiger partial charge in [0.05, 0.1) is 0 Å². The Labute approximate surface area is 86.4 Å². The summed E-state index contributed by atoms with van der Waals surface area (Å²) in [7, 11) is 0. The average molecular weight is 224 g/mol. The summed E-state index contributed by atoms with van der Waals surface area (Å²) in [5.74, 6) is -1.85. The second kappa shape index (κ2) is 4.38. The summed E-state index contributed by atoms with van der Waals surface area (Å²) in [6.45, 7) is 3.56. The Bertz CT molecular complexity index is 234. The highest BCUT2D eigenvalue weighted by molar-refractivity contribution is 5.81. The minimum atomic E-state index is -4.77. The third-order valence-electron chi connectivity index (χ3n) is 2.74. The maximum absolute atomic E-state index is 11.9. The summed E-state index contributed by atoms with van der Waals surface area (Å²) in [4.78, 5) is 10.6. The lowest BCUT2D eigenvalue weighted by Crippen LogP contribution is -2.46. The first kappa shape index (κ1) is 12.3. The van der Waals surface area contributed by atoms with Crippen LogP contribution in [-0.4, -0.2) is 31.7 Å². The molecule has 3 nitrogen and oxygen atoms in total. The van der Waals surface area contributed by atoms with Crippen LogP contribution in [-0.2, 0) is 4.79 Å². The fourth-order valence-electron chi connectivity index (χ4n) is 1.60. The molecule has 1 aliphatic rings. The van der Waals surface area contributed by atoms with E-state index in [1.165, 1.54) is 0 Å². The van der Waals surface area contributed by atoms with Gasteiger partial charge >= 0.3 is 12.1 Å². The van der Waals surface area contributed by atoms with E-state index >= 15 is 0 Å². The number of hydrogen-bond acceptors (Lipinski definition) is 2. The molecule has 0 aromatic carbocycles. The van der Waals surface area contributed by atoms with Crippen molar-refractivity contribution in [3.63, 3.8) is 0 Å². The molecular formula is C9H15F3N2O. The van der Waals surface area contributed by atoms with E-state index in [1.807, 2.05) is 12.2 Å². The molecule has 0 aliphatic carbocycles. The van der Waals surface area contributed by atoms with Gasteiger partial charge in [-0.25, -0.2) is 0 Å². The van der Waals surface area contributed by atoms with Crippen LogP contribution in [0.3, 0.4) is 0 Å². The Kier molecular flexibility index (Phi) is 3.59. The van der Waals surface area contributed by atoms with E-state index in [0.29, 0.717) is 0 Å². The molecular weight excluding hydrogens is 209 g/mol. The van der Waals surface area contributed by atoms with Gasteiger partial charge in [-0.05, 0) is 31.3 Å². The highest BCUT2D eigenvalue weighted by Crippen LogP contribution is 2.27. The van der Waals surface area contributed by atoms with Crippen molar-refractivity contribution in [2.24, 2.45) is 5.41 Å². The van der Waals surface area contributed by atoms with E-state index in [1.54, 1.807) is 0 Å². The normalized spacial score (nSPS) is 21.1. The first-order chi connectivity index (χ1) is 6.83. The first-order valence-electron chi connectivity index (χ1n) is 4.89. The fraction of sp³-hybridized carbons (Fsp3) is 0.889. The van der Waals surface area contributed by atoms with Gasteiger partial charge in [0.1, 0.15) is 0 Å². The van der Waals surface area contributed by atoms with E-state index < -0.39 is 12.1 Å². The summed E-state index contributed by atoms with van der Waals surface area (Å²) >= 11 is 0. The first-order valence-corrected chi connectivity index (χ1v) is 4.89. The minimum Gasteiger partial charge on any atom is -0.348 e. The zero-order valence-electron chi connectivity index (χ0n) is 8.58. The van der Waals surface area contributed by atoms with Gasteiger partial charge in [0.25, 0.3) is 0 Å². The quantitative estimate of drug-likeness (QED) is 0.736. The van der Waals surface area contributed by atoms with Crippen LogP contribution < -0.4 is 10.6 Å². The maximum Gasteiger partial charge on any atom is 0.471 e. The van der Waals surface area contributed by atoms with Crippen LogP contribution in [0.2, 0.25) is 0 Å². The second-order valence-corrected chi connectivity index (χ2v) is 4.24. The van der Waals surface area contributed by atoms with E-state index in [0.717, 1.165) is 25.9 Å². The lowest BCUT2D eigenvalue weighted by Gasteiger charge is -2.34. The molecule has 0 saturated carbocycles. The Morgan fingerprint density at radius 1 is 1.40 bits per heavy atom. The van der Waals surface area contributed by atoms with Gasteiger partial charge in [-0.3, -0.25) is 4.79 Å². The van der Waals surface area contributed by atoms with Gasteiger partial charge in [0.2, 0.25) is 0 Å². The predicted octanol–water partition coefficient (Wildman–Crippen LogP) is 1.05. The highest BCUT2D eigenvalue weighted by atomic mass is 19.4. The highest BCUT2D eigenvalue weighted by Gasteiger charge is 2.39. The minimum absolute atomic E-state index is 0.0903. The molecule has 88 valence electrons. The van der Waals surface area contributed by atoms with Crippen molar-refractivity contribution in [1.29, 1.82) is 0 Å². The molecule has 2 N–H and O–H groups in total. The average Bonchev–Trinajstić information content (AvgIpc) is 2.14. The molecule has 1 fully saturated rings. The number of carbonyl (C=O) groups excluding carboxylic acids is 1. The molecule has 6 heteroatoms. The van der Waals surface area contributed by atoms with Gasteiger partial charge in [0.15, 0.2) is 0 Å². The molecule has 15 heavy (non-hydrogen) atoms. The number of piperidine rings is 1. The molecule has 1 rings (SSSR count). The summed E-state index contributed by atoms with van der Waals surface area (Å²) in [5.41, 5.74) is -0.216. The summed E-state index contributed by atoms with van der Waals surface area (Å²) in [6.07, 6.45) is -3.21. The molecule has 0 unspecified atom stereocenters. The van der Waals surface area contributed by atoms with Crippen LogP contribution in [0.25, 0.3) is 0 Å². The molecule has 1 amide bonds. The molecule has 0 aromatic heterocycles. The lowest BCUT2D eigenvalue weighted by atomic mass is 9.81. The van der Waals surface area contributed by atoms with Crippen molar-refractivity contribution in [3.8, 4) is 0 Å². The van der Waals surface area contributed by atoms with Crippen molar-refractivity contribution in [2.45, 2.75) is 25.9 Å². The molecule has 0 aromatic rings. The standard InChI is InChI=1S/C9H15F3N2O/c1-8(2-4-13-5-3-8)6-14-7(15)9(10,11)12/h13H,2-6H2,1H3,(H,14,15). The fourth-order valence-corrected chi connectivity index (χ4v) is 1.60. The Morgan fingerprint density at radius 3 is 2.40 bits per heavy atom. The Morgan fingerprint density at radius 2 is 1.93 bits per heavy atom. The van der Waals surface area contributed by atoms with Crippen LogP contribution in [0.5, 0.6) is 0 Å². The summed E-state index contributed by atoms with van der Waals surface area (Å²) < 4.78 is 35.7. The van der Waals surface area contributed by atoms with E-state index in [9.17, 15) is 18.0 Å². The van der Waals surface area contributed by atoms with Crippen molar-refractivity contribution in [2.75, 3.05) is 19.6 Å². The van der Waals surface area contributed by atoms with E-state index in [4.69, 9.17) is 0 Å². The number of halogens is 3. The SMILES string of the molecule is CC1(CNC(=O)C(F)(F)F)CCNCC1. The zero-order chi connectivity index (χ0) is 11.5. The molecule has 0 spiro atoms. The molecule has 1 heterocycles. The molecule has 0 bridgehead atoms. The van der Waals surface area contributed by atoms with Crippen LogP contribution in [0, 0.1) is 5.41 Å². The largest absolute Gasteiger partial charge is 0.471 e. The Hall–Kier alpha value is -0.780. The van der Waals surface area contributed by atoms with E-state index in [-0.39, 0.29) is 12.0 Å². The van der Waals surface area contributed by atoms with Gasteiger partial charge < -0.3 is 10.6 Å². The van der Waals surface area contributed by atoms with Crippen molar-refractivity contribution in [3.05, 3.63) is 0 Å². The third-order valence-corrected chi connectivity index (χ3v) is 2.74. The topological polar surface area (TPSA) is 41.1 Å². The van der Waals surface area contributed by atoms with Crippen LogP contribution in [0.4, 0.5) is 13.2 Å². The van der Waals surface area contributed by atoms with Crippen LogP contribution >= 0.6 is 0 Å². The van der Waals surface area contributed by atoms with Gasteiger partial charge in [-0.15, -0.1) is 0 Å². The van der Waals surface area contributed by atoms with Gasteiger partial charge in [-0.1, -0.05) is 6.92 Å². The van der Waals surface area contributed by atoms with Crippen molar-refractivity contribution in [1.82, 2.24) is 10.6 Å². The van der Waals surface area contributed by atoms with Crippen LogP contribution in [0.15, 0.2) is 0 Å². The lowest BCUT2D eigenvalue weighted by molar-refractivity contribution is -0.174. The monoisotopic (exact) mass is 224 g/mol. The van der Waals surface area contributed by atoms with Crippen molar-refractivity contribution >= 4 is 5.91 Å². The summed E-state index contributed by atoms with van der Waals surface area (Å²) in [6, 6.07) is 0. The molecule has 1 saturated heterocycles. The zero-order valence-corrected chi connectivity index (χ0v) is 8.58. The summed E-state index contributed by atoms with van der Waals surface area (Å²) in [5, 5.41) is 5.06. The third kappa shape index (κ3) is 3.70. The van der Waals surface area contributed by atoms with Gasteiger partial charge in [-0.2, -0.15) is 13.2 Å². The Balaban J connectivity index is 2.38. The predicted molar refractivity (Wildman–Crippen MR) is 49.3 cm³/mol. The molecule has 0 radical (unpaired) electrons. The number of hydrogen-bond donors (Lipinski definition) is 2. The van der Waals surface area contributed by atoms with E-state index in [2.05, 4.69) is 5.32 Å². The molecule has 0 atom stereocenters. The number of rotatable bonds is 2.